The van der Waals surface area contributed by atoms with Gasteiger partial charge >= 0.3 is 17.9 Å². The van der Waals surface area contributed by atoms with Gasteiger partial charge in [0.1, 0.15) is 13.2 Å². The molecule has 430 valence electrons. The largest absolute Gasteiger partial charge is 0.462 e. The van der Waals surface area contributed by atoms with Crippen LogP contribution in [0, 0.1) is 0 Å². The Balaban J connectivity index is 4.37. The van der Waals surface area contributed by atoms with Gasteiger partial charge in [0.2, 0.25) is 0 Å². The number of carbonyl (C=O) groups excluding carboxylic acids is 3. The molecule has 0 aliphatic carbocycles. The van der Waals surface area contributed by atoms with E-state index in [1.54, 1.807) is 0 Å². The average Bonchev–Trinajstić information content (AvgIpc) is 3.41. The molecule has 0 heterocycles. The van der Waals surface area contributed by atoms with Gasteiger partial charge in [-0.25, -0.2) is 0 Å². The lowest BCUT2D eigenvalue weighted by Gasteiger charge is -2.18. The Morgan fingerprint density at radius 3 is 0.840 bits per heavy atom. The second-order valence-electron chi connectivity index (χ2n) is 20.9. The monoisotopic (exact) mass is 1040 g/mol. The zero-order chi connectivity index (χ0) is 54.3. The zero-order valence-corrected chi connectivity index (χ0v) is 49.3. The first-order chi connectivity index (χ1) is 37.0. The first kappa shape index (κ1) is 71.3. The standard InChI is InChI=1S/C69H118O6/c1-4-7-10-13-16-19-22-25-27-29-31-33-34-36-37-39-41-44-47-50-53-56-59-62-68(71)74-65-66(64-73-67(70)61-58-55-52-49-46-43-24-21-18-15-12-9-6-3)75-69(72)63-60-57-54-51-48-45-42-40-38-35-32-30-28-26-23-20-17-14-11-8-5-2/h7,10,16,19,21,23-27,30-33,38,40,66H,4-6,8-9,11-15,17-18,20,22,28-29,34-37,39,41-65H2,1-3H3/b10-7-,19-16-,24-21-,26-23-,27-25-,32-30-,33-31-,40-38-. The van der Waals surface area contributed by atoms with Gasteiger partial charge in [-0.15, -0.1) is 0 Å². The molecule has 0 bridgehead atoms. The number of hydrogen-bond donors (Lipinski definition) is 0. The van der Waals surface area contributed by atoms with Crippen molar-refractivity contribution in [2.24, 2.45) is 0 Å². The lowest BCUT2D eigenvalue weighted by molar-refractivity contribution is -0.167. The first-order valence-corrected chi connectivity index (χ1v) is 31.7. The number of rotatable bonds is 57. The first-order valence-electron chi connectivity index (χ1n) is 31.7. The Hall–Kier alpha value is -3.67. The van der Waals surface area contributed by atoms with E-state index in [2.05, 4.69) is 118 Å². The van der Waals surface area contributed by atoms with Crippen LogP contribution in [-0.4, -0.2) is 37.2 Å². The minimum absolute atomic E-state index is 0.0874. The van der Waals surface area contributed by atoms with Gasteiger partial charge in [-0.2, -0.15) is 0 Å². The maximum Gasteiger partial charge on any atom is 0.306 e. The lowest BCUT2D eigenvalue weighted by Crippen LogP contribution is -2.30. The summed E-state index contributed by atoms with van der Waals surface area (Å²) >= 11 is 0. The predicted molar refractivity (Wildman–Crippen MR) is 325 cm³/mol. The molecule has 75 heavy (non-hydrogen) atoms. The topological polar surface area (TPSA) is 78.9 Å². The van der Waals surface area contributed by atoms with E-state index >= 15 is 0 Å². The molecule has 0 saturated carbocycles. The van der Waals surface area contributed by atoms with Crippen molar-refractivity contribution in [2.45, 2.75) is 309 Å². The second-order valence-corrected chi connectivity index (χ2v) is 20.9. The van der Waals surface area contributed by atoms with E-state index in [1.807, 2.05) is 0 Å². The summed E-state index contributed by atoms with van der Waals surface area (Å²) in [5.41, 5.74) is 0. The minimum Gasteiger partial charge on any atom is -0.462 e. The van der Waals surface area contributed by atoms with E-state index in [1.165, 1.54) is 148 Å². The molecule has 6 nitrogen and oxygen atoms in total. The van der Waals surface area contributed by atoms with Crippen LogP contribution in [-0.2, 0) is 28.6 Å². The highest BCUT2D eigenvalue weighted by molar-refractivity contribution is 5.71. The van der Waals surface area contributed by atoms with E-state index < -0.39 is 6.10 Å². The third-order valence-corrected chi connectivity index (χ3v) is 13.5. The minimum atomic E-state index is -0.792. The molecule has 6 heteroatoms. The van der Waals surface area contributed by atoms with Gasteiger partial charge in [0.15, 0.2) is 6.10 Å². The third-order valence-electron chi connectivity index (χ3n) is 13.5. The summed E-state index contributed by atoms with van der Waals surface area (Å²) in [5.74, 6) is -0.904. The highest BCUT2D eigenvalue weighted by atomic mass is 16.6. The van der Waals surface area contributed by atoms with Crippen LogP contribution in [0.3, 0.4) is 0 Å². The number of esters is 3. The number of allylic oxidation sites excluding steroid dienone is 16. The van der Waals surface area contributed by atoms with Crippen LogP contribution < -0.4 is 0 Å². The molecule has 0 aromatic rings. The van der Waals surface area contributed by atoms with Crippen LogP contribution in [0.25, 0.3) is 0 Å². The van der Waals surface area contributed by atoms with E-state index in [0.717, 1.165) is 116 Å². The third kappa shape index (κ3) is 61.1. The van der Waals surface area contributed by atoms with E-state index in [4.69, 9.17) is 14.2 Å². The Bertz CT molecular complexity index is 1480. The van der Waals surface area contributed by atoms with Crippen molar-refractivity contribution in [3.05, 3.63) is 97.2 Å². The van der Waals surface area contributed by atoms with Gasteiger partial charge in [-0.3, -0.25) is 14.4 Å². The van der Waals surface area contributed by atoms with E-state index in [-0.39, 0.29) is 31.1 Å². The van der Waals surface area contributed by atoms with E-state index in [0.29, 0.717) is 19.3 Å². The normalized spacial score (nSPS) is 12.7. The second kappa shape index (κ2) is 62.9. The molecule has 0 aromatic heterocycles. The average molecular weight is 1040 g/mol. The molecule has 0 spiro atoms. The Labute approximate surface area is 464 Å². The van der Waals surface area contributed by atoms with Crippen molar-refractivity contribution < 1.29 is 28.6 Å². The molecule has 0 aliphatic heterocycles. The Morgan fingerprint density at radius 1 is 0.280 bits per heavy atom. The summed E-state index contributed by atoms with van der Waals surface area (Å²) in [6.07, 6.45) is 84.0. The fourth-order valence-corrected chi connectivity index (χ4v) is 8.79. The molecule has 0 amide bonds. The van der Waals surface area contributed by atoms with Gasteiger partial charge in [0.25, 0.3) is 0 Å². The highest BCUT2D eigenvalue weighted by Crippen LogP contribution is 2.15. The number of ether oxygens (including phenoxy) is 3. The quantitative estimate of drug-likeness (QED) is 0.0261. The molecule has 0 aromatic carbocycles. The van der Waals surface area contributed by atoms with E-state index in [9.17, 15) is 14.4 Å². The van der Waals surface area contributed by atoms with Crippen molar-refractivity contribution in [3.63, 3.8) is 0 Å². The van der Waals surface area contributed by atoms with Gasteiger partial charge < -0.3 is 14.2 Å². The van der Waals surface area contributed by atoms with Gasteiger partial charge in [0.05, 0.1) is 0 Å². The van der Waals surface area contributed by atoms with Gasteiger partial charge in [-0.1, -0.05) is 259 Å². The van der Waals surface area contributed by atoms with Crippen molar-refractivity contribution in [1.82, 2.24) is 0 Å². The zero-order valence-electron chi connectivity index (χ0n) is 49.3. The van der Waals surface area contributed by atoms with Crippen LogP contribution in [0.15, 0.2) is 97.2 Å². The molecule has 0 radical (unpaired) electrons. The summed E-state index contributed by atoms with van der Waals surface area (Å²) in [6.45, 7) is 6.50. The highest BCUT2D eigenvalue weighted by Gasteiger charge is 2.19. The molecule has 0 rings (SSSR count). The smallest absolute Gasteiger partial charge is 0.306 e. The van der Waals surface area contributed by atoms with Crippen LogP contribution in [0.2, 0.25) is 0 Å². The molecule has 0 fully saturated rings. The fraction of sp³-hybridized carbons (Fsp3) is 0.725. The number of carbonyl (C=O) groups is 3. The Morgan fingerprint density at radius 2 is 0.520 bits per heavy atom. The van der Waals surface area contributed by atoms with Crippen molar-refractivity contribution >= 4 is 17.9 Å². The maximum absolute atomic E-state index is 12.9. The van der Waals surface area contributed by atoms with Gasteiger partial charge in [0, 0.05) is 19.3 Å². The molecule has 1 atom stereocenters. The molecule has 1 unspecified atom stereocenters. The van der Waals surface area contributed by atoms with Crippen LogP contribution >= 0.6 is 0 Å². The molecule has 0 N–H and O–H groups in total. The van der Waals surface area contributed by atoms with Crippen LogP contribution in [0.5, 0.6) is 0 Å². The van der Waals surface area contributed by atoms with Crippen LogP contribution in [0.4, 0.5) is 0 Å². The molecule has 0 saturated heterocycles. The van der Waals surface area contributed by atoms with Crippen LogP contribution in [0.1, 0.15) is 303 Å². The summed E-state index contributed by atoms with van der Waals surface area (Å²) in [6, 6.07) is 0. The van der Waals surface area contributed by atoms with Gasteiger partial charge in [-0.05, 0) is 122 Å². The van der Waals surface area contributed by atoms with Crippen molar-refractivity contribution in [1.29, 1.82) is 0 Å². The number of hydrogen-bond acceptors (Lipinski definition) is 6. The lowest BCUT2D eigenvalue weighted by atomic mass is 10.1. The summed E-state index contributed by atoms with van der Waals surface area (Å²) in [7, 11) is 0. The summed E-state index contributed by atoms with van der Waals surface area (Å²) in [5, 5.41) is 0. The van der Waals surface area contributed by atoms with Crippen molar-refractivity contribution in [3.8, 4) is 0 Å². The SMILES string of the molecule is CC/C=C\C/C=C\C/C=C\C/C=C\CCCCCCCCCCCCC(=O)OCC(COC(=O)CCCCCCC/C=C\CCCCCC)OC(=O)CCCCCCCC/C=C\C/C=C\C/C=C\CCCCCCC. The maximum atomic E-state index is 12.9. The molecular weight excluding hydrogens is 925 g/mol. The summed E-state index contributed by atoms with van der Waals surface area (Å²) < 4.78 is 16.9. The fourth-order valence-electron chi connectivity index (χ4n) is 8.79. The predicted octanol–water partition coefficient (Wildman–Crippen LogP) is 21.7. The summed E-state index contributed by atoms with van der Waals surface area (Å²) in [4.78, 5) is 38.3. The van der Waals surface area contributed by atoms with Crippen molar-refractivity contribution in [2.75, 3.05) is 13.2 Å². The molecule has 0 aliphatic rings. The molecular formula is C69H118O6. The number of unbranched alkanes of at least 4 members (excludes halogenated alkanes) is 30. The Kier molecular flexibility index (Phi) is 59.8.